The van der Waals surface area contributed by atoms with Crippen molar-refractivity contribution in [1.82, 2.24) is 4.31 Å². The highest BCUT2D eigenvalue weighted by molar-refractivity contribution is 9.10. The maximum absolute atomic E-state index is 12.9. The van der Waals surface area contributed by atoms with E-state index in [1.54, 1.807) is 36.4 Å². The van der Waals surface area contributed by atoms with Crippen LogP contribution in [0, 0.1) is 5.92 Å². The molecule has 13 heteroatoms. The van der Waals surface area contributed by atoms with Gasteiger partial charge in [0.2, 0.25) is 15.9 Å². The van der Waals surface area contributed by atoms with Crippen molar-refractivity contribution >= 4 is 76.5 Å². The molecule has 0 spiro atoms. The monoisotopic (exact) mass is 659 g/mol. The summed E-state index contributed by atoms with van der Waals surface area (Å²) in [7, 11) is -7.38. The Hall–Kier alpha value is -2.15. The Labute approximate surface area is 240 Å². The van der Waals surface area contributed by atoms with Gasteiger partial charge in [-0.05, 0) is 79.1 Å². The van der Waals surface area contributed by atoms with Gasteiger partial charge in [-0.1, -0.05) is 45.2 Å². The Morgan fingerprint density at radius 3 is 2.08 bits per heavy atom. The summed E-state index contributed by atoms with van der Waals surface area (Å²) in [5, 5.41) is 3.44. The first-order chi connectivity index (χ1) is 17.9. The van der Waals surface area contributed by atoms with Crippen LogP contribution in [-0.4, -0.2) is 40.1 Å². The summed E-state index contributed by atoms with van der Waals surface area (Å²) < 4.78 is 55.7. The van der Waals surface area contributed by atoms with Crippen LogP contribution in [0.4, 0.5) is 11.4 Å². The van der Waals surface area contributed by atoms with Crippen molar-refractivity contribution in [3.8, 4) is 0 Å². The van der Waals surface area contributed by atoms with E-state index in [0.717, 1.165) is 4.47 Å². The molecule has 0 saturated carbocycles. The fourth-order valence-corrected chi connectivity index (χ4v) is 7.22. The third-order valence-electron chi connectivity index (χ3n) is 6.08. The first-order valence-corrected chi connectivity index (χ1v) is 16.2. The van der Waals surface area contributed by atoms with Gasteiger partial charge >= 0.3 is 0 Å². The number of rotatable bonds is 8. The summed E-state index contributed by atoms with van der Waals surface area (Å²) in [6, 6.07) is 17.3. The molecule has 1 aliphatic heterocycles. The number of hydrogen-bond donors (Lipinski definition) is 2. The van der Waals surface area contributed by atoms with Crippen molar-refractivity contribution in [2.45, 2.75) is 23.5 Å². The van der Waals surface area contributed by atoms with Gasteiger partial charge in [-0.3, -0.25) is 9.52 Å². The number of benzene rings is 3. The topological polar surface area (TPSA) is 113 Å². The SMILES string of the molecule is O=C(Nc1ccc(S(=O)(=O)Nc2ccc(Br)cc2)cc1)C1CCN(S(=O)(=O)Cc2ccc(Cl)c(Cl)c2)CC1. The molecule has 1 aliphatic rings. The van der Waals surface area contributed by atoms with Gasteiger partial charge in [-0.2, -0.15) is 0 Å². The Morgan fingerprint density at radius 2 is 1.47 bits per heavy atom. The third kappa shape index (κ3) is 7.28. The molecule has 1 fully saturated rings. The van der Waals surface area contributed by atoms with Crippen molar-refractivity contribution in [2.24, 2.45) is 5.92 Å². The lowest BCUT2D eigenvalue weighted by molar-refractivity contribution is -0.120. The van der Waals surface area contributed by atoms with Crippen LogP contribution < -0.4 is 10.0 Å². The predicted molar refractivity (Wildman–Crippen MR) is 153 cm³/mol. The number of nitrogens with one attached hydrogen (secondary N) is 2. The Balaban J connectivity index is 1.31. The second-order valence-electron chi connectivity index (χ2n) is 8.80. The van der Waals surface area contributed by atoms with Crippen LogP contribution in [0.5, 0.6) is 0 Å². The first-order valence-electron chi connectivity index (χ1n) is 11.5. The van der Waals surface area contributed by atoms with Crippen molar-refractivity contribution < 1.29 is 21.6 Å². The van der Waals surface area contributed by atoms with E-state index in [2.05, 4.69) is 26.0 Å². The van der Waals surface area contributed by atoms with Crippen LogP contribution in [0.25, 0.3) is 0 Å². The largest absolute Gasteiger partial charge is 0.326 e. The molecule has 1 heterocycles. The van der Waals surface area contributed by atoms with Gasteiger partial charge in [0.25, 0.3) is 10.0 Å². The summed E-state index contributed by atoms with van der Waals surface area (Å²) >= 11 is 15.2. The first kappa shape index (κ1) is 28.8. The average Bonchev–Trinajstić information content (AvgIpc) is 2.88. The Bertz CT molecular complexity index is 1530. The zero-order valence-electron chi connectivity index (χ0n) is 19.9. The standard InChI is InChI=1S/C25H24BrCl2N3O5S2/c26-19-2-4-21(5-3-19)30-38(35,36)22-8-6-20(7-9-22)29-25(32)18-11-13-31(14-12-18)37(33,34)16-17-1-10-23(27)24(28)15-17/h1-10,15,18,30H,11-14,16H2,(H,29,32). The lowest BCUT2D eigenvalue weighted by atomic mass is 9.97. The van der Waals surface area contributed by atoms with E-state index in [0.29, 0.717) is 39.8 Å². The van der Waals surface area contributed by atoms with Crippen molar-refractivity contribution in [3.63, 3.8) is 0 Å². The average molecular weight is 661 g/mol. The molecule has 0 bridgehead atoms. The van der Waals surface area contributed by atoms with E-state index in [-0.39, 0.29) is 35.6 Å². The number of amides is 1. The van der Waals surface area contributed by atoms with E-state index >= 15 is 0 Å². The number of hydrogen-bond acceptors (Lipinski definition) is 5. The molecule has 0 unspecified atom stereocenters. The molecule has 38 heavy (non-hydrogen) atoms. The minimum atomic E-state index is -3.79. The fourth-order valence-electron chi connectivity index (χ4n) is 4.02. The summed E-state index contributed by atoms with van der Waals surface area (Å²) in [5.41, 5.74) is 1.42. The quantitative estimate of drug-likeness (QED) is 0.320. The zero-order chi connectivity index (χ0) is 27.5. The summed E-state index contributed by atoms with van der Waals surface area (Å²) in [6.45, 7) is 0.446. The lowest BCUT2D eigenvalue weighted by Crippen LogP contribution is -2.41. The van der Waals surface area contributed by atoms with Gasteiger partial charge in [0.15, 0.2) is 0 Å². The molecule has 0 aliphatic carbocycles. The smallest absolute Gasteiger partial charge is 0.261 e. The van der Waals surface area contributed by atoms with E-state index in [9.17, 15) is 21.6 Å². The normalized spacial score (nSPS) is 15.2. The van der Waals surface area contributed by atoms with Crippen LogP contribution in [0.3, 0.4) is 0 Å². The highest BCUT2D eigenvalue weighted by Gasteiger charge is 2.31. The number of carbonyl (C=O) groups excluding carboxylic acids is 1. The van der Waals surface area contributed by atoms with Gasteiger partial charge in [0, 0.05) is 34.9 Å². The number of halogens is 3. The highest BCUT2D eigenvalue weighted by Crippen LogP contribution is 2.27. The van der Waals surface area contributed by atoms with Gasteiger partial charge < -0.3 is 5.32 Å². The lowest BCUT2D eigenvalue weighted by Gasteiger charge is -2.30. The Morgan fingerprint density at radius 1 is 0.868 bits per heavy atom. The van der Waals surface area contributed by atoms with Crippen LogP contribution in [0.1, 0.15) is 18.4 Å². The summed E-state index contributed by atoms with van der Waals surface area (Å²) in [4.78, 5) is 12.8. The predicted octanol–water partition coefficient (Wildman–Crippen LogP) is 5.74. The van der Waals surface area contributed by atoms with Crippen molar-refractivity contribution in [1.29, 1.82) is 0 Å². The van der Waals surface area contributed by atoms with Gasteiger partial charge in [-0.25, -0.2) is 21.1 Å². The molecular formula is C25H24BrCl2N3O5S2. The van der Waals surface area contributed by atoms with E-state index < -0.39 is 20.0 Å². The number of anilines is 2. The molecule has 1 amide bonds. The molecule has 2 N–H and O–H groups in total. The fraction of sp³-hybridized carbons (Fsp3) is 0.240. The minimum absolute atomic E-state index is 0.0545. The van der Waals surface area contributed by atoms with Crippen LogP contribution >= 0.6 is 39.1 Å². The molecular weight excluding hydrogens is 637 g/mol. The number of nitrogens with zero attached hydrogens (tertiary/aromatic N) is 1. The molecule has 202 valence electrons. The number of carbonyl (C=O) groups is 1. The molecule has 1 saturated heterocycles. The second kappa shape index (κ2) is 11.9. The van der Waals surface area contributed by atoms with Crippen LogP contribution in [-0.2, 0) is 30.6 Å². The third-order valence-corrected chi connectivity index (χ3v) is 10.6. The second-order valence-corrected chi connectivity index (χ2v) is 14.2. The maximum atomic E-state index is 12.9. The van der Waals surface area contributed by atoms with Crippen LogP contribution in [0.15, 0.2) is 76.1 Å². The minimum Gasteiger partial charge on any atom is -0.326 e. The van der Waals surface area contributed by atoms with E-state index in [4.69, 9.17) is 23.2 Å². The van der Waals surface area contributed by atoms with E-state index in [1.807, 2.05) is 0 Å². The molecule has 0 radical (unpaired) electrons. The number of sulfonamides is 2. The zero-order valence-corrected chi connectivity index (χ0v) is 24.6. The molecule has 8 nitrogen and oxygen atoms in total. The molecule has 0 atom stereocenters. The van der Waals surface area contributed by atoms with Gasteiger partial charge in [-0.15, -0.1) is 0 Å². The van der Waals surface area contributed by atoms with Gasteiger partial charge in [0.05, 0.1) is 20.7 Å². The molecule has 4 rings (SSSR count). The molecule has 3 aromatic carbocycles. The highest BCUT2D eigenvalue weighted by atomic mass is 79.9. The van der Waals surface area contributed by atoms with Crippen molar-refractivity contribution in [3.05, 3.63) is 86.8 Å². The van der Waals surface area contributed by atoms with Crippen molar-refractivity contribution in [2.75, 3.05) is 23.1 Å². The van der Waals surface area contributed by atoms with Gasteiger partial charge in [0.1, 0.15) is 0 Å². The summed E-state index contributed by atoms with van der Waals surface area (Å²) in [6.07, 6.45) is 0.742. The maximum Gasteiger partial charge on any atom is 0.261 e. The summed E-state index contributed by atoms with van der Waals surface area (Å²) in [5.74, 6) is -0.809. The molecule has 3 aromatic rings. The molecule has 0 aromatic heterocycles. The number of piperidine rings is 1. The van der Waals surface area contributed by atoms with E-state index in [1.165, 1.54) is 34.6 Å². The van der Waals surface area contributed by atoms with Crippen LogP contribution in [0.2, 0.25) is 10.0 Å². The Kier molecular flexibility index (Phi) is 9.06.